The lowest BCUT2D eigenvalue weighted by molar-refractivity contribution is -0.149. The Balaban J connectivity index is 1.35. The number of benzene rings is 1. The van der Waals surface area contributed by atoms with Crippen molar-refractivity contribution in [2.45, 2.75) is 95.7 Å². The first-order valence-electron chi connectivity index (χ1n) is 11.4. The molecule has 4 atom stereocenters. The number of rotatable bonds is 14. The normalized spacial score (nSPS) is 25.9. The van der Waals surface area contributed by atoms with Gasteiger partial charge in [-0.15, -0.1) is 0 Å². The van der Waals surface area contributed by atoms with Gasteiger partial charge in [0.25, 0.3) is 0 Å². The van der Waals surface area contributed by atoms with Crippen molar-refractivity contribution < 1.29 is 23.7 Å². The van der Waals surface area contributed by atoms with E-state index in [-0.39, 0.29) is 30.4 Å². The summed E-state index contributed by atoms with van der Waals surface area (Å²) in [5.41, 5.74) is 1.10. The van der Waals surface area contributed by atoms with Crippen LogP contribution in [0.5, 0.6) is 0 Å². The lowest BCUT2D eigenvalue weighted by atomic mass is 10.1. The van der Waals surface area contributed by atoms with Crippen LogP contribution in [0.1, 0.15) is 70.3 Å². The molecule has 5 heteroatoms. The van der Waals surface area contributed by atoms with E-state index in [4.69, 9.17) is 18.9 Å². The second-order valence-corrected chi connectivity index (χ2v) is 8.18. The average Bonchev–Trinajstić information content (AvgIpc) is 3.24. The predicted molar refractivity (Wildman–Crippen MR) is 112 cm³/mol. The molecule has 0 N–H and O–H groups in total. The lowest BCUT2D eigenvalue weighted by Crippen LogP contribution is -2.37. The zero-order valence-corrected chi connectivity index (χ0v) is 17.7. The smallest absolute Gasteiger partial charge is 0.309 e. The summed E-state index contributed by atoms with van der Waals surface area (Å²) in [6.07, 6.45) is 9.62. The molecule has 0 amide bonds. The summed E-state index contributed by atoms with van der Waals surface area (Å²) >= 11 is 0. The number of ether oxygens (including phenoxy) is 4. The molecular formula is C24H36O5. The van der Waals surface area contributed by atoms with Crippen molar-refractivity contribution >= 4 is 5.97 Å². The molecule has 0 unspecified atom stereocenters. The number of hydrogen-bond donors (Lipinski definition) is 0. The van der Waals surface area contributed by atoms with Gasteiger partial charge < -0.3 is 18.9 Å². The van der Waals surface area contributed by atoms with Crippen molar-refractivity contribution in [3.05, 3.63) is 35.9 Å². The maximum absolute atomic E-state index is 11.6. The first-order chi connectivity index (χ1) is 14.3. The molecule has 0 radical (unpaired) electrons. The van der Waals surface area contributed by atoms with Crippen LogP contribution >= 0.6 is 0 Å². The Morgan fingerprint density at radius 2 is 1.72 bits per heavy atom. The molecule has 0 aliphatic carbocycles. The minimum Gasteiger partial charge on any atom is -0.457 e. The SMILES string of the molecule is CCCCCCCCCCOC[C@H]1O[C@@H]2CC(=O)O[C@@H]2[C@H]1OCc1ccccc1. The molecule has 5 nitrogen and oxygen atoms in total. The monoisotopic (exact) mass is 404 g/mol. The molecule has 162 valence electrons. The van der Waals surface area contributed by atoms with E-state index in [9.17, 15) is 4.79 Å². The van der Waals surface area contributed by atoms with Gasteiger partial charge in [-0.1, -0.05) is 82.2 Å². The molecule has 0 spiro atoms. The average molecular weight is 405 g/mol. The first-order valence-corrected chi connectivity index (χ1v) is 11.4. The van der Waals surface area contributed by atoms with Gasteiger partial charge in [-0.05, 0) is 12.0 Å². The van der Waals surface area contributed by atoms with Crippen molar-refractivity contribution in [3.8, 4) is 0 Å². The highest BCUT2D eigenvalue weighted by atomic mass is 16.6. The van der Waals surface area contributed by atoms with Crippen LogP contribution in [0.2, 0.25) is 0 Å². The van der Waals surface area contributed by atoms with E-state index in [1.54, 1.807) is 0 Å². The third kappa shape index (κ3) is 7.09. The zero-order chi connectivity index (χ0) is 20.3. The van der Waals surface area contributed by atoms with Gasteiger partial charge in [0.15, 0.2) is 6.10 Å². The molecule has 1 aromatic carbocycles. The van der Waals surface area contributed by atoms with E-state index in [0.717, 1.165) is 18.6 Å². The van der Waals surface area contributed by atoms with Crippen LogP contribution in [0.3, 0.4) is 0 Å². The molecule has 0 aromatic heterocycles. The molecule has 2 saturated heterocycles. The Morgan fingerprint density at radius 3 is 2.48 bits per heavy atom. The van der Waals surface area contributed by atoms with Crippen LogP contribution in [0.25, 0.3) is 0 Å². The Kier molecular flexibility index (Phi) is 9.45. The van der Waals surface area contributed by atoms with Crippen LogP contribution in [0, 0.1) is 0 Å². The quantitative estimate of drug-likeness (QED) is 0.329. The summed E-state index contributed by atoms with van der Waals surface area (Å²) in [5.74, 6) is -0.202. The van der Waals surface area contributed by atoms with Gasteiger partial charge in [0.1, 0.15) is 18.3 Å². The highest BCUT2D eigenvalue weighted by Crippen LogP contribution is 2.34. The van der Waals surface area contributed by atoms with E-state index >= 15 is 0 Å². The van der Waals surface area contributed by atoms with E-state index in [1.165, 1.54) is 44.9 Å². The zero-order valence-electron chi connectivity index (χ0n) is 17.7. The third-order valence-corrected chi connectivity index (χ3v) is 5.75. The maximum Gasteiger partial charge on any atom is 0.309 e. The molecule has 2 heterocycles. The van der Waals surface area contributed by atoms with Gasteiger partial charge in [-0.3, -0.25) is 4.79 Å². The van der Waals surface area contributed by atoms with Crippen LogP contribution in [-0.4, -0.2) is 43.6 Å². The fourth-order valence-electron chi connectivity index (χ4n) is 4.11. The van der Waals surface area contributed by atoms with Gasteiger partial charge in [-0.25, -0.2) is 0 Å². The Morgan fingerprint density at radius 1 is 1.00 bits per heavy atom. The van der Waals surface area contributed by atoms with Gasteiger partial charge in [0, 0.05) is 6.61 Å². The van der Waals surface area contributed by atoms with Gasteiger partial charge in [0.2, 0.25) is 0 Å². The second-order valence-electron chi connectivity index (χ2n) is 8.18. The largest absolute Gasteiger partial charge is 0.457 e. The number of carbonyl (C=O) groups is 1. The Bertz CT molecular complexity index is 590. The van der Waals surface area contributed by atoms with Crippen LogP contribution < -0.4 is 0 Å². The van der Waals surface area contributed by atoms with Crippen molar-refractivity contribution in [1.82, 2.24) is 0 Å². The summed E-state index contributed by atoms with van der Waals surface area (Å²) in [7, 11) is 0. The predicted octanol–water partition coefficient (Wildman–Crippen LogP) is 4.81. The topological polar surface area (TPSA) is 54.0 Å². The lowest BCUT2D eigenvalue weighted by Gasteiger charge is -2.22. The summed E-state index contributed by atoms with van der Waals surface area (Å²) in [6.45, 7) is 3.96. The molecule has 29 heavy (non-hydrogen) atoms. The highest BCUT2D eigenvalue weighted by molar-refractivity contribution is 5.73. The van der Waals surface area contributed by atoms with E-state index < -0.39 is 0 Å². The summed E-state index contributed by atoms with van der Waals surface area (Å²) < 4.78 is 23.5. The van der Waals surface area contributed by atoms with Gasteiger partial charge in [-0.2, -0.15) is 0 Å². The molecule has 0 saturated carbocycles. The first kappa shape index (κ1) is 22.3. The van der Waals surface area contributed by atoms with Crippen LogP contribution in [0.15, 0.2) is 30.3 Å². The van der Waals surface area contributed by atoms with Gasteiger partial charge >= 0.3 is 5.97 Å². The minimum absolute atomic E-state index is 0.184. The molecular weight excluding hydrogens is 368 g/mol. The van der Waals surface area contributed by atoms with Crippen molar-refractivity contribution in [2.24, 2.45) is 0 Å². The number of fused-ring (bicyclic) bond motifs is 1. The van der Waals surface area contributed by atoms with Crippen molar-refractivity contribution in [3.63, 3.8) is 0 Å². The van der Waals surface area contributed by atoms with Crippen molar-refractivity contribution in [2.75, 3.05) is 13.2 Å². The fourth-order valence-corrected chi connectivity index (χ4v) is 4.11. The number of hydrogen-bond acceptors (Lipinski definition) is 5. The summed E-state index contributed by atoms with van der Waals surface area (Å²) in [6, 6.07) is 10.0. The number of carbonyl (C=O) groups excluding carboxylic acids is 1. The number of esters is 1. The van der Waals surface area contributed by atoms with Crippen LogP contribution in [0.4, 0.5) is 0 Å². The van der Waals surface area contributed by atoms with E-state index in [2.05, 4.69) is 6.92 Å². The molecule has 0 bridgehead atoms. The summed E-state index contributed by atoms with van der Waals surface area (Å²) in [5, 5.41) is 0. The van der Waals surface area contributed by atoms with E-state index in [1.807, 2.05) is 30.3 Å². The van der Waals surface area contributed by atoms with E-state index in [0.29, 0.717) is 19.6 Å². The number of unbranched alkanes of at least 4 members (excludes halogenated alkanes) is 7. The minimum atomic E-state index is -0.317. The van der Waals surface area contributed by atoms with Crippen molar-refractivity contribution in [1.29, 1.82) is 0 Å². The third-order valence-electron chi connectivity index (χ3n) is 5.75. The second kappa shape index (κ2) is 12.3. The maximum atomic E-state index is 11.6. The Labute approximate surface area is 175 Å². The molecule has 1 aromatic rings. The Hall–Kier alpha value is -1.43. The molecule has 2 aliphatic heterocycles. The highest BCUT2D eigenvalue weighted by Gasteiger charge is 2.52. The fraction of sp³-hybridized carbons (Fsp3) is 0.708. The van der Waals surface area contributed by atoms with Crippen LogP contribution in [-0.2, 0) is 30.3 Å². The molecule has 2 fully saturated rings. The standard InChI is InChI=1S/C24H36O5/c1-2-3-4-5-6-7-8-12-15-26-18-21-23(24-20(28-21)16-22(25)29-24)27-17-19-13-10-9-11-14-19/h9-11,13-14,20-21,23-24H,2-8,12,15-18H2,1H3/t20-,21-,23+,24+/m1/s1. The summed E-state index contributed by atoms with van der Waals surface area (Å²) in [4.78, 5) is 11.6. The van der Waals surface area contributed by atoms with Gasteiger partial charge in [0.05, 0.1) is 19.6 Å². The molecule has 3 rings (SSSR count). The molecule has 2 aliphatic rings.